The Hall–Kier alpha value is -0.210. The largest absolute Gasteiger partial charge is 0.381 e. The Labute approximate surface area is 128 Å². The van der Waals surface area contributed by atoms with Gasteiger partial charge in [-0.2, -0.15) is 0 Å². The molecule has 2 aliphatic heterocycles. The highest BCUT2D eigenvalue weighted by atomic mass is 32.2. The molecule has 21 heavy (non-hydrogen) atoms. The van der Waals surface area contributed by atoms with Crippen LogP contribution in [0.15, 0.2) is 0 Å². The van der Waals surface area contributed by atoms with Crippen LogP contribution in [0.1, 0.15) is 32.1 Å². The zero-order valence-corrected chi connectivity index (χ0v) is 13.9. The summed E-state index contributed by atoms with van der Waals surface area (Å²) in [4.78, 5) is 0. The normalized spacial score (nSPS) is 29.2. The van der Waals surface area contributed by atoms with Crippen molar-refractivity contribution < 1.29 is 17.9 Å². The van der Waals surface area contributed by atoms with Crippen LogP contribution in [-0.4, -0.2) is 64.0 Å². The number of nitrogens with two attached hydrogens (primary N) is 1. The van der Waals surface area contributed by atoms with Crippen LogP contribution in [0, 0.1) is 5.92 Å². The summed E-state index contributed by atoms with van der Waals surface area (Å²) in [7, 11) is -1.38. The fourth-order valence-electron chi connectivity index (χ4n) is 3.54. The molecule has 0 aromatic heterocycles. The molecule has 2 atom stereocenters. The SMILES string of the molecule is COC1(C(N)CC2CCCN(S(C)(=O)=O)C2)CCOCC1. The highest BCUT2D eigenvalue weighted by Gasteiger charge is 2.40. The Kier molecular flexibility index (Phi) is 5.65. The Morgan fingerprint density at radius 1 is 1.43 bits per heavy atom. The molecule has 0 bridgehead atoms. The van der Waals surface area contributed by atoms with Crippen LogP contribution in [0.2, 0.25) is 0 Å². The van der Waals surface area contributed by atoms with Crippen molar-refractivity contribution in [1.82, 2.24) is 4.31 Å². The van der Waals surface area contributed by atoms with E-state index in [1.54, 1.807) is 11.4 Å². The molecular formula is C14H28N2O4S. The molecule has 0 spiro atoms. The molecule has 0 saturated carbocycles. The average molecular weight is 320 g/mol. The Balaban J connectivity index is 1.96. The van der Waals surface area contributed by atoms with Gasteiger partial charge < -0.3 is 15.2 Å². The summed E-state index contributed by atoms with van der Waals surface area (Å²) in [6, 6.07) is -0.0732. The number of piperidine rings is 1. The van der Waals surface area contributed by atoms with Gasteiger partial charge in [0.1, 0.15) is 0 Å². The van der Waals surface area contributed by atoms with E-state index >= 15 is 0 Å². The van der Waals surface area contributed by atoms with E-state index in [0.717, 1.165) is 32.1 Å². The first kappa shape index (κ1) is 17.1. The van der Waals surface area contributed by atoms with Gasteiger partial charge in [0.15, 0.2) is 0 Å². The first-order chi connectivity index (χ1) is 9.87. The van der Waals surface area contributed by atoms with Crippen LogP contribution < -0.4 is 5.73 Å². The van der Waals surface area contributed by atoms with E-state index in [1.165, 1.54) is 6.26 Å². The first-order valence-electron chi connectivity index (χ1n) is 7.71. The van der Waals surface area contributed by atoms with Gasteiger partial charge in [0.25, 0.3) is 0 Å². The minimum absolute atomic E-state index is 0.0732. The van der Waals surface area contributed by atoms with E-state index in [1.807, 2.05) is 0 Å². The van der Waals surface area contributed by atoms with E-state index in [4.69, 9.17) is 15.2 Å². The molecule has 0 aromatic rings. The van der Waals surface area contributed by atoms with Crippen molar-refractivity contribution >= 4 is 10.0 Å². The number of hydrogen-bond acceptors (Lipinski definition) is 5. The third-order valence-corrected chi connectivity index (χ3v) is 6.23. The van der Waals surface area contributed by atoms with Gasteiger partial charge in [-0.25, -0.2) is 12.7 Å². The summed E-state index contributed by atoms with van der Waals surface area (Å²) < 4.78 is 36.1. The number of rotatable bonds is 5. The van der Waals surface area contributed by atoms with Gasteiger partial charge in [-0.05, 0) is 25.2 Å². The number of ether oxygens (including phenoxy) is 2. The second-order valence-electron chi connectivity index (χ2n) is 6.35. The highest BCUT2D eigenvalue weighted by molar-refractivity contribution is 7.88. The smallest absolute Gasteiger partial charge is 0.211 e. The number of nitrogens with zero attached hydrogens (tertiary/aromatic N) is 1. The maximum atomic E-state index is 11.7. The molecule has 2 fully saturated rings. The third-order valence-electron chi connectivity index (χ3n) is 4.96. The molecular weight excluding hydrogens is 292 g/mol. The van der Waals surface area contributed by atoms with Gasteiger partial charge in [0.05, 0.1) is 11.9 Å². The van der Waals surface area contributed by atoms with Crippen molar-refractivity contribution in [3.8, 4) is 0 Å². The van der Waals surface area contributed by atoms with Crippen LogP contribution in [0.25, 0.3) is 0 Å². The summed E-state index contributed by atoms with van der Waals surface area (Å²) >= 11 is 0. The number of hydrogen-bond donors (Lipinski definition) is 1. The number of sulfonamides is 1. The van der Waals surface area contributed by atoms with Crippen molar-refractivity contribution in [2.75, 3.05) is 39.7 Å². The summed E-state index contributed by atoms with van der Waals surface area (Å²) in [6.45, 7) is 2.58. The second kappa shape index (κ2) is 6.91. The highest BCUT2D eigenvalue weighted by Crippen LogP contribution is 2.32. The van der Waals surface area contributed by atoms with E-state index in [2.05, 4.69) is 0 Å². The third kappa shape index (κ3) is 4.16. The second-order valence-corrected chi connectivity index (χ2v) is 8.34. The molecule has 2 heterocycles. The molecule has 6 nitrogen and oxygen atoms in total. The molecule has 0 aromatic carbocycles. The zero-order valence-electron chi connectivity index (χ0n) is 13.1. The van der Waals surface area contributed by atoms with Crippen LogP contribution in [0.5, 0.6) is 0 Å². The van der Waals surface area contributed by atoms with Gasteiger partial charge in [-0.3, -0.25) is 0 Å². The predicted molar refractivity (Wildman–Crippen MR) is 81.5 cm³/mol. The van der Waals surface area contributed by atoms with Crippen molar-refractivity contribution in [2.24, 2.45) is 11.7 Å². The van der Waals surface area contributed by atoms with Crippen LogP contribution in [0.4, 0.5) is 0 Å². The van der Waals surface area contributed by atoms with Gasteiger partial charge in [0.2, 0.25) is 10.0 Å². The summed E-state index contributed by atoms with van der Waals surface area (Å²) in [6.07, 6.45) is 5.66. The predicted octanol–water partition coefficient (Wildman–Crippen LogP) is 0.571. The molecule has 124 valence electrons. The molecule has 0 radical (unpaired) electrons. The average Bonchev–Trinajstić information content (AvgIpc) is 2.47. The number of methoxy groups -OCH3 is 1. The molecule has 0 amide bonds. The Bertz CT molecular complexity index is 434. The van der Waals surface area contributed by atoms with Gasteiger partial charge in [-0.1, -0.05) is 0 Å². The van der Waals surface area contributed by atoms with Gasteiger partial charge in [-0.15, -0.1) is 0 Å². The molecule has 2 rings (SSSR count). The zero-order chi connectivity index (χ0) is 15.5. The maximum absolute atomic E-state index is 11.7. The Morgan fingerprint density at radius 2 is 2.10 bits per heavy atom. The first-order valence-corrected chi connectivity index (χ1v) is 9.56. The summed E-state index contributed by atoms with van der Waals surface area (Å²) in [5.74, 6) is 0.318. The standard InChI is InChI=1S/C14H28N2O4S/c1-19-14(5-8-20-9-6-14)13(15)10-12-4-3-7-16(11-12)21(2,17)18/h12-13H,3-11,15H2,1-2H3. The lowest BCUT2D eigenvalue weighted by molar-refractivity contribution is -0.107. The van der Waals surface area contributed by atoms with Crippen LogP contribution >= 0.6 is 0 Å². The fraction of sp³-hybridized carbons (Fsp3) is 1.00. The minimum Gasteiger partial charge on any atom is -0.381 e. The topological polar surface area (TPSA) is 81.9 Å². The Morgan fingerprint density at radius 3 is 2.67 bits per heavy atom. The van der Waals surface area contributed by atoms with Crippen molar-refractivity contribution in [3.05, 3.63) is 0 Å². The monoisotopic (exact) mass is 320 g/mol. The molecule has 7 heteroatoms. The maximum Gasteiger partial charge on any atom is 0.211 e. The molecule has 0 aliphatic carbocycles. The molecule has 2 unspecified atom stereocenters. The van der Waals surface area contributed by atoms with E-state index in [-0.39, 0.29) is 11.6 Å². The van der Waals surface area contributed by atoms with Gasteiger partial charge >= 0.3 is 0 Å². The van der Waals surface area contributed by atoms with Crippen LogP contribution in [-0.2, 0) is 19.5 Å². The van der Waals surface area contributed by atoms with Gasteiger partial charge in [0, 0.05) is 52.3 Å². The lowest BCUT2D eigenvalue weighted by atomic mass is 9.80. The van der Waals surface area contributed by atoms with Crippen molar-refractivity contribution in [3.63, 3.8) is 0 Å². The van der Waals surface area contributed by atoms with Crippen molar-refractivity contribution in [2.45, 2.75) is 43.7 Å². The minimum atomic E-state index is -3.10. The van der Waals surface area contributed by atoms with E-state index in [0.29, 0.717) is 32.2 Å². The fourth-order valence-corrected chi connectivity index (χ4v) is 4.48. The van der Waals surface area contributed by atoms with Crippen molar-refractivity contribution in [1.29, 1.82) is 0 Å². The molecule has 2 aliphatic rings. The molecule has 2 N–H and O–H groups in total. The summed E-state index contributed by atoms with van der Waals surface area (Å²) in [5.41, 5.74) is 6.12. The lowest BCUT2D eigenvalue weighted by Gasteiger charge is -2.42. The van der Waals surface area contributed by atoms with Crippen LogP contribution in [0.3, 0.4) is 0 Å². The van der Waals surface area contributed by atoms with E-state index < -0.39 is 10.0 Å². The summed E-state index contributed by atoms with van der Waals surface area (Å²) in [5, 5.41) is 0. The van der Waals surface area contributed by atoms with E-state index in [9.17, 15) is 8.42 Å². The lowest BCUT2D eigenvalue weighted by Crippen LogP contribution is -2.54. The molecule has 2 saturated heterocycles. The quantitative estimate of drug-likeness (QED) is 0.801.